The monoisotopic (exact) mass is 400 g/mol. The van der Waals surface area contributed by atoms with Gasteiger partial charge in [0.05, 0.1) is 12.7 Å². The van der Waals surface area contributed by atoms with Crippen molar-refractivity contribution >= 4 is 17.5 Å². The summed E-state index contributed by atoms with van der Waals surface area (Å²) in [7, 11) is 1.54. The molecule has 1 N–H and O–H groups in total. The Morgan fingerprint density at radius 2 is 1.83 bits per heavy atom. The Hall–Kier alpha value is -2.96. The van der Waals surface area contributed by atoms with Crippen molar-refractivity contribution in [2.45, 2.75) is 19.3 Å². The Morgan fingerprint density at radius 3 is 2.52 bits per heavy atom. The van der Waals surface area contributed by atoms with Crippen molar-refractivity contribution in [1.82, 2.24) is 4.90 Å². The minimum atomic E-state index is -0.989. The summed E-state index contributed by atoms with van der Waals surface area (Å²) in [4.78, 5) is 27.2. The van der Waals surface area contributed by atoms with Crippen LogP contribution in [0.25, 0.3) is 0 Å². The van der Waals surface area contributed by atoms with Crippen LogP contribution in [0.5, 0.6) is 5.75 Å². The molecule has 0 radical (unpaired) electrons. The number of nitrogens with one attached hydrogen (secondary N) is 1. The maximum atomic E-state index is 13.3. The van der Waals surface area contributed by atoms with E-state index >= 15 is 0 Å². The molecule has 2 fully saturated rings. The molecule has 29 heavy (non-hydrogen) atoms. The van der Waals surface area contributed by atoms with Crippen LogP contribution in [0.3, 0.4) is 0 Å². The third kappa shape index (κ3) is 3.69. The van der Waals surface area contributed by atoms with E-state index in [1.54, 1.807) is 23.1 Å². The van der Waals surface area contributed by atoms with Crippen LogP contribution in [0.2, 0.25) is 0 Å². The van der Waals surface area contributed by atoms with Gasteiger partial charge in [-0.05, 0) is 48.9 Å². The molecule has 152 valence electrons. The normalized spacial score (nSPS) is 19.7. The third-order valence-corrected chi connectivity index (χ3v) is 6.08. The first-order valence-electron chi connectivity index (χ1n) is 9.62. The van der Waals surface area contributed by atoms with Crippen molar-refractivity contribution in [3.63, 3.8) is 0 Å². The number of benzene rings is 2. The zero-order valence-corrected chi connectivity index (χ0v) is 16.1. The second kappa shape index (κ2) is 7.46. The first-order valence-corrected chi connectivity index (χ1v) is 9.62. The van der Waals surface area contributed by atoms with Crippen LogP contribution in [0.1, 0.15) is 29.6 Å². The average molecular weight is 400 g/mol. The zero-order valence-electron chi connectivity index (χ0n) is 16.1. The second-order valence-corrected chi connectivity index (χ2v) is 7.73. The van der Waals surface area contributed by atoms with E-state index in [0.717, 1.165) is 31.4 Å². The predicted octanol–water partition coefficient (Wildman–Crippen LogP) is 3.85. The lowest BCUT2D eigenvalue weighted by atomic mass is 9.90. The van der Waals surface area contributed by atoms with E-state index in [9.17, 15) is 18.4 Å². The van der Waals surface area contributed by atoms with Gasteiger partial charge in [0.25, 0.3) is 5.91 Å². The SMILES string of the molecule is COc1ccccc1C(=O)N1CCC2(CC1)C[C@@H]2C(=O)Nc1ccc(F)c(F)c1. The lowest BCUT2D eigenvalue weighted by Gasteiger charge is -2.33. The van der Waals surface area contributed by atoms with Gasteiger partial charge in [0, 0.05) is 30.8 Å². The summed E-state index contributed by atoms with van der Waals surface area (Å²) in [5.74, 6) is -1.80. The summed E-state index contributed by atoms with van der Waals surface area (Å²) in [6, 6.07) is 10.5. The number of ether oxygens (including phenoxy) is 1. The molecule has 1 heterocycles. The number of amides is 2. The van der Waals surface area contributed by atoms with Crippen molar-refractivity contribution in [3.8, 4) is 5.75 Å². The number of carbonyl (C=O) groups is 2. The topological polar surface area (TPSA) is 58.6 Å². The number of para-hydroxylation sites is 1. The Balaban J connectivity index is 1.35. The van der Waals surface area contributed by atoms with E-state index in [-0.39, 0.29) is 28.8 Å². The number of likely N-dealkylation sites (tertiary alicyclic amines) is 1. The summed E-state index contributed by atoms with van der Waals surface area (Å²) in [5, 5.41) is 2.68. The predicted molar refractivity (Wildman–Crippen MR) is 104 cm³/mol. The van der Waals surface area contributed by atoms with Crippen molar-refractivity contribution < 1.29 is 23.1 Å². The summed E-state index contributed by atoms with van der Waals surface area (Å²) < 4.78 is 31.7. The van der Waals surface area contributed by atoms with Crippen molar-refractivity contribution in [1.29, 1.82) is 0 Å². The van der Waals surface area contributed by atoms with Gasteiger partial charge in [0.1, 0.15) is 5.75 Å². The molecule has 7 heteroatoms. The van der Waals surface area contributed by atoms with E-state index in [0.29, 0.717) is 24.4 Å². The molecule has 0 unspecified atom stereocenters. The van der Waals surface area contributed by atoms with Gasteiger partial charge >= 0.3 is 0 Å². The molecule has 1 saturated carbocycles. The van der Waals surface area contributed by atoms with Crippen molar-refractivity contribution in [2.24, 2.45) is 11.3 Å². The lowest BCUT2D eigenvalue weighted by molar-refractivity contribution is -0.118. The lowest BCUT2D eigenvalue weighted by Crippen LogP contribution is -2.40. The zero-order chi connectivity index (χ0) is 20.6. The van der Waals surface area contributed by atoms with Gasteiger partial charge in [-0.15, -0.1) is 0 Å². The van der Waals surface area contributed by atoms with Gasteiger partial charge in [-0.2, -0.15) is 0 Å². The molecule has 1 aliphatic heterocycles. The number of anilines is 1. The summed E-state index contributed by atoms with van der Waals surface area (Å²) >= 11 is 0. The van der Waals surface area contributed by atoms with Gasteiger partial charge in [-0.1, -0.05) is 12.1 Å². The third-order valence-electron chi connectivity index (χ3n) is 6.08. The van der Waals surface area contributed by atoms with Crippen LogP contribution >= 0.6 is 0 Å². The fourth-order valence-corrected chi connectivity index (χ4v) is 4.22. The van der Waals surface area contributed by atoms with E-state index in [1.165, 1.54) is 13.2 Å². The molecule has 4 rings (SSSR count). The van der Waals surface area contributed by atoms with Crippen molar-refractivity contribution in [3.05, 3.63) is 59.7 Å². The van der Waals surface area contributed by atoms with Gasteiger partial charge in [-0.25, -0.2) is 8.78 Å². The highest BCUT2D eigenvalue weighted by atomic mass is 19.2. The summed E-state index contributed by atoms with van der Waals surface area (Å²) in [6.07, 6.45) is 2.23. The molecule has 1 atom stereocenters. The Labute approximate surface area is 167 Å². The molecule has 0 aromatic heterocycles. The van der Waals surface area contributed by atoms with Gasteiger partial charge < -0.3 is 15.0 Å². The minimum absolute atomic E-state index is 0.0688. The summed E-state index contributed by atoms with van der Waals surface area (Å²) in [6.45, 7) is 1.15. The van der Waals surface area contributed by atoms with E-state index in [4.69, 9.17) is 4.74 Å². The van der Waals surface area contributed by atoms with E-state index in [1.807, 2.05) is 6.07 Å². The molecule has 5 nitrogen and oxygen atoms in total. The molecular formula is C22H22F2N2O3. The number of hydrogen-bond donors (Lipinski definition) is 1. The average Bonchev–Trinajstić information content (AvgIpc) is 3.44. The molecule has 2 amide bonds. The quantitative estimate of drug-likeness (QED) is 0.848. The fraction of sp³-hybridized carbons (Fsp3) is 0.364. The number of methoxy groups -OCH3 is 1. The number of hydrogen-bond acceptors (Lipinski definition) is 3. The number of halogens is 2. The van der Waals surface area contributed by atoms with Gasteiger partial charge in [0.2, 0.25) is 5.91 Å². The highest BCUT2D eigenvalue weighted by Gasteiger charge is 2.58. The molecule has 1 saturated heterocycles. The molecule has 2 aliphatic rings. The van der Waals surface area contributed by atoms with Crippen LogP contribution in [-0.4, -0.2) is 36.9 Å². The number of carbonyl (C=O) groups excluding carboxylic acids is 2. The van der Waals surface area contributed by atoms with E-state index < -0.39 is 11.6 Å². The fourth-order valence-electron chi connectivity index (χ4n) is 4.22. The maximum absolute atomic E-state index is 13.3. The van der Waals surface area contributed by atoms with Gasteiger partial charge in [0.15, 0.2) is 11.6 Å². The van der Waals surface area contributed by atoms with Crippen LogP contribution < -0.4 is 10.1 Å². The molecule has 2 aromatic carbocycles. The van der Waals surface area contributed by atoms with Crippen LogP contribution in [0, 0.1) is 23.0 Å². The Morgan fingerprint density at radius 1 is 1.10 bits per heavy atom. The molecule has 2 aromatic rings. The van der Waals surface area contributed by atoms with Crippen molar-refractivity contribution in [2.75, 3.05) is 25.5 Å². The molecule has 0 bridgehead atoms. The highest BCUT2D eigenvalue weighted by molar-refractivity contribution is 5.97. The second-order valence-electron chi connectivity index (χ2n) is 7.73. The Bertz CT molecular complexity index is 955. The van der Waals surface area contributed by atoms with E-state index in [2.05, 4.69) is 5.32 Å². The first-order chi connectivity index (χ1) is 13.9. The largest absolute Gasteiger partial charge is 0.496 e. The number of piperidine rings is 1. The highest BCUT2D eigenvalue weighted by Crippen LogP contribution is 2.59. The smallest absolute Gasteiger partial charge is 0.257 e. The van der Waals surface area contributed by atoms with Crippen LogP contribution in [-0.2, 0) is 4.79 Å². The maximum Gasteiger partial charge on any atom is 0.257 e. The molecule has 1 aliphatic carbocycles. The first kappa shape index (κ1) is 19.4. The van der Waals surface area contributed by atoms with Crippen LogP contribution in [0.4, 0.5) is 14.5 Å². The summed E-state index contributed by atoms with van der Waals surface area (Å²) in [5.41, 5.74) is 0.675. The number of rotatable bonds is 4. The van der Waals surface area contributed by atoms with Crippen LogP contribution in [0.15, 0.2) is 42.5 Å². The standard InChI is InChI=1S/C22H22F2N2O3/c1-29-19-5-3-2-4-15(19)21(28)26-10-8-22(9-11-26)13-16(22)20(27)25-14-6-7-17(23)18(24)12-14/h2-7,12,16H,8-11,13H2,1H3,(H,25,27)/t16-/m1/s1. The number of nitrogens with zero attached hydrogens (tertiary/aromatic N) is 1. The van der Waals surface area contributed by atoms with Gasteiger partial charge in [-0.3, -0.25) is 9.59 Å². The molecule has 1 spiro atoms. The Kier molecular flexibility index (Phi) is 4.98. The molecular weight excluding hydrogens is 378 g/mol. The minimum Gasteiger partial charge on any atom is -0.496 e.